The third kappa shape index (κ3) is 4.00. The van der Waals surface area contributed by atoms with Crippen molar-refractivity contribution in [3.05, 3.63) is 29.8 Å². The van der Waals surface area contributed by atoms with Crippen LogP contribution in [-0.2, 0) is 10.0 Å². The smallest absolute Gasteiger partial charge is 0.254 e. The first-order valence-electron chi connectivity index (χ1n) is 9.09. The summed E-state index contributed by atoms with van der Waals surface area (Å²) >= 11 is 0. The largest absolute Gasteiger partial charge is 0.336 e. The molecule has 0 spiro atoms. The molecule has 1 unspecified atom stereocenters. The Morgan fingerprint density at radius 2 is 1.96 bits per heavy atom. The second kappa shape index (κ2) is 6.63. The number of benzene rings is 1. The Hall–Kier alpha value is -1.56. The highest BCUT2D eigenvalue weighted by molar-refractivity contribution is 7.93. The van der Waals surface area contributed by atoms with Crippen molar-refractivity contribution in [2.24, 2.45) is 5.41 Å². The summed E-state index contributed by atoms with van der Waals surface area (Å²) in [5.41, 5.74) is 1.37. The lowest BCUT2D eigenvalue weighted by molar-refractivity contribution is 0.0704. The number of hydrogen-bond acceptors (Lipinski definition) is 3. The number of nitrogens with zero attached hydrogens (tertiary/aromatic N) is 2. The van der Waals surface area contributed by atoms with Gasteiger partial charge in [-0.1, -0.05) is 26.8 Å². The van der Waals surface area contributed by atoms with E-state index >= 15 is 0 Å². The molecular formula is C19H28N2O3S. The highest BCUT2D eigenvalue weighted by atomic mass is 32.2. The van der Waals surface area contributed by atoms with Crippen LogP contribution in [0.3, 0.4) is 0 Å². The van der Waals surface area contributed by atoms with Crippen LogP contribution in [0.4, 0.5) is 5.69 Å². The predicted molar refractivity (Wildman–Crippen MR) is 100 cm³/mol. The monoisotopic (exact) mass is 364 g/mol. The summed E-state index contributed by atoms with van der Waals surface area (Å²) in [6, 6.07) is 7.35. The minimum atomic E-state index is -3.23. The molecule has 3 rings (SSSR count). The molecule has 1 aromatic carbocycles. The average molecular weight is 365 g/mol. The maximum Gasteiger partial charge on any atom is 0.254 e. The number of hydrogen-bond donors (Lipinski definition) is 0. The number of amides is 1. The number of anilines is 1. The van der Waals surface area contributed by atoms with Gasteiger partial charge in [0.05, 0.1) is 11.4 Å². The molecule has 1 atom stereocenters. The molecule has 1 aromatic rings. The van der Waals surface area contributed by atoms with Crippen molar-refractivity contribution in [1.29, 1.82) is 0 Å². The first-order chi connectivity index (χ1) is 11.7. The SMILES string of the molecule is CC(C)(C)CC1CCCN1C(=O)c1cccc(N2CCCS2(=O)=O)c1. The Bertz CT molecular complexity index is 752. The van der Waals surface area contributed by atoms with E-state index in [1.54, 1.807) is 24.3 Å². The fourth-order valence-corrected chi connectivity index (χ4v) is 5.47. The quantitative estimate of drug-likeness (QED) is 0.827. The number of carbonyl (C=O) groups excluding carboxylic acids is 1. The van der Waals surface area contributed by atoms with Crippen LogP contribution in [-0.4, -0.2) is 44.1 Å². The van der Waals surface area contributed by atoms with E-state index in [-0.39, 0.29) is 23.1 Å². The Labute approximate surface area is 151 Å². The van der Waals surface area contributed by atoms with Crippen molar-refractivity contribution in [2.75, 3.05) is 23.1 Å². The number of rotatable bonds is 3. The molecule has 1 amide bonds. The van der Waals surface area contributed by atoms with Crippen LogP contribution in [0.1, 0.15) is 56.8 Å². The van der Waals surface area contributed by atoms with Crippen molar-refractivity contribution in [1.82, 2.24) is 4.90 Å². The predicted octanol–water partition coefficient (Wildman–Crippen LogP) is 3.27. The van der Waals surface area contributed by atoms with Gasteiger partial charge in [-0.15, -0.1) is 0 Å². The van der Waals surface area contributed by atoms with Crippen LogP contribution in [0.25, 0.3) is 0 Å². The Balaban J connectivity index is 1.82. The summed E-state index contributed by atoms with van der Waals surface area (Å²) in [7, 11) is -3.23. The van der Waals surface area contributed by atoms with Gasteiger partial charge < -0.3 is 4.90 Å². The van der Waals surface area contributed by atoms with E-state index in [1.807, 2.05) is 4.90 Å². The normalized spacial score (nSPS) is 23.2. The summed E-state index contributed by atoms with van der Waals surface area (Å²) in [6.07, 6.45) is 3.70. The Morgan fingerprint density at radius 3 is 2.60 bits per heavy atom. The molecule has 0 aliphatic carbocycles. The van der Waals surface area contributed by atoms with E-state index in [0.29, 0.717) is 24.2 Å². The highest BCUT2D eigenvalue weighted by Gasteiger charge is 2.33. The minimum absolute atomic E-state index is 0.0187. The standard InChI is InChI=1S/C19H28N2O3S/c1-19(2,3)14-17-9-5-10-20(17)18(22)15-7-4-8-16(13-15)21-11-6-12-25(21,23)24/h4,7-8,13,17H,5-6,9-12,14H2,1-3H3. The molecule has 0 bridgehead atoms. The molecule has 0 radical (unpaired) electrons. The van der Waals surface area contributed by atoms with Crippen molar-refractivity contribution in [3.8, 4) is 0 Å². The third-order valence-electron chi connectivity index (χ3n) is 4.97. The molecule has 2 saturated heterocycles. The van der Waals surface area contributed by atoms with Gasteiger partial charge in [-0.25, -0.2) is 8.42 Å². The second-order valence-corrected chi connectivity index (χ2v) is 10.4. The van der Waals surface area contributed by atoms with Gasteiger partial charge in [0.25, 0.3) is 5.91 Å². The van der Waals surface area contributed by atoms with Crippen molar-refractivity contribution in [2.45, 2.75) is 52.5 Å². The molecule has 2 aliphatic heterocycles. The maximum atomic E-state index is 13.0. The molecule has 5 nitrogen and oxygen atoms in total. The fourth-order valence-electron chi connectivity index (χ4n) is 3.91. The number of sulfonamides is 1. The topological polar surface area (TPSA) is 57.7 Å². The van der Waals surface area contributed by atoms with Crippen LogP contribution in [0.15, 0.2) is 24.3 Å². The van der Waals surface area contributed by atoms with Gasteiger partial charge in [-0.2, -0.15) is 0 Å². The van der Waals surface area contributed by atoms with Gasteiger partial charge in [0, 0.05) is 24.7 Å². The van der Waals surface area contributed by atoms with Crippen LogP contribution in [0.5, 0.6) is 0 Å². The molecule has 0 saturated carbocycles. The molecule has 0 aromatic heterocycles. The van der Waals surface area contributed by atoms with Crippen LogP contribution >= 0.6 is 0 Å². The Kier molecular flexibility index (Phi) is 4.84. The van der Waals surface area contributed by atoms with E-state index in [9.17, 15) is 13.2 Å². The van der Waals surface area contributed by atoms with Crippen molar-refractivity contribution >= 4 is 21.6 Å². The van der Waals surface area contributed by atoms with Crippen LogP contribution in [0, 0.1) is 5.41 Å². The van der Waals surface area contributed by atoms with Crippen LogP contribution in [0.2, 0.25) is 0 Å². The second-order valence-electron chi connectivity index (χ2n) is 8.35. The molecule has 2 aliphatic rings. The fraction of sp³-hybridized carbons (Fsp3) is 0.632. The summed E-state index contributed by atoms with van der Waals surface area (Å²) in [5.74, 6) is 0.204. The number of carbonyl (C=O) groups is 1. The first kappa shape index (κ1) is 18.2. The van der Waals surface area contributed by atoms with E-state index in [0.717, 1.165) is 25.8 Å². The minimum Gasteiger partial charge on any atom is -0.336 e. The van der Waals surface area contributed by atoms with Gasteiger partial charge in [-0.3, -0.25) is 9.10 Å². The molecule has 6 heteroatoms. The van der Waals surface area contributed by atoms with E-state index < -0.39 is 10.0 Å². The maximum absolute atomic E-state index is 13.0. The average Bonchev–Trinajstić information content (AvgIpc) is 3.10. The van der Waals surface area contributed by atoms with E-state index in [2.05, 4.69) is 20.8 Å². The van der Waals surface area contributed by atoms with Gasteiger partial charge in [0.1, 0.15) is 0 Å². The summed E-state index contributed by atoms with van der Waals surface area (Å²) in [4.78, 5) is 15.0. The zero-order chi connectivity index (χ0) is 18.2. The lowest BCUT2D eigenvalue weighted by atomic mass is 9.87. The summed E-state index contributed by atoms with van der Waals surface area (Å²) < 4.78 is 25.7. The van der Waals surface area contributed by atoms with Gasteiger partial charge in [0.2, 0.25) is 10.0 Å². The van der Waals surface area contributed by atoms with E-state index in [1.165, 1.54) is 4.31 Å². The molecule has 25 heavy (non-hydrogen) atoms. The summed E-state index contributed by atoms with van der Waals surface area (Å²) in [6.45, 7) is 7.88. The Morgan fingerprint density at radius 1 is 1.20 bits per heavy atom. The lowest BCUT2D eigenvalue weighted by Crippen LogP contribution is -2.37. The molecule has 138 valence electrons. The lowest BCUT2D eigenvalue weighted by Gasteiger charge is -2.30. The van der Waals surface area contributed by atoms with Gasteiger partial charge in [-0.05, 0) is 49.3 Å². The van der Waals surface area contributed by atoms with Gasteiger partial charge in [0.15, 0.2) is 0 Å². The van der Waals surface area contributed by atoms with Crippen LogP contribution < -0.4 is 4.31 Å². The summed E-state index contributed by atoms with van der Waals surface area (Å²) in [5, 5.41) is 0. The number of likely N-dealkylation sites (tertiary alicyclic amines) is 1. The third-order valence-corrected chi connectivity index (χ3v) is 6.84. The highest BCUT2D eigenvalue weighted by Crippen LogP contribution is 2.32. The molecule has 0 N–H and O–H groups in total. The van der Waals surface area contributed by atoms with Crippen molar-refractivity contribution < 1.29 is 13.2 Å². The first-order valence-corrected chi connectivity index (χ1v) is 10.7. The van der Waals surface area contributed by atoms with E-state index in [4.69, 9.17) is 0 Å². The zero-order valence-electron chi connectivity index (χ0n) is 15.4. The molecular weight excluding hydrogens is 336 g/mol. The zero-order valence-corrected chi connectivity index (χ0v) is 16.2. The van der Waals surface area contributed by atoms with Gasteiger partial charge >= 0.3 is 0 Å². The van der Waals surface area contributed by atoms with Crippen molar-refractivity contribution in [3.63, 3.8) is 0 Å². The molecule has 2 fully saturated rings. The molecule has 2 heterocycles.